The average molecular weight is 222 g/mol. The molecule has 1 aromatic heterocycles. The highest BCUT2D eigenvalue weighted by molar-refractivity contribution is 5.71. The van der Waals surface area contributed by atoms with Crippen LogP contribution in [0.5, 0.6) is 0 Å². The first-order valence-corrected chi connectivity index (χ1v) is 5.44. The number of esters is 1. The molecule has 1 heterocycles. The maximum absolute atomic E-state index is 11.1. The highest BCUT2D eigenvalue weighted by Crippen LogP contribution is 1.99. The molecule has 0 saturated carbocycles. The van der Waals surface area contributed by atoms with E-state index in [0.29, 0.717) is 6.54 Å². The summed E-state index contributed by atoms with van der Waals surface area (Å²) in [6.45, 7) is 4.08. The Morgan fingerprint density at radius 2 is 2.38 bits per heavy atom. The Balaban J connectivity index is 2.37. The largest absolute Gasteiger partial charge is 0.468 e. The summed E-state index contributed by atoms with van der Waals surface area (Å²) in [6, 6.07) is 3.96. The van der Waals surface area contributed by atoms with Crippen molar-refractivity contribution in [1.29, 1.82) is 0 Å². The van der Waals surface area contributed by atoms with Gasteiger partial charge in [-0.25, -0.2) is 0 Å². The minimum absolute atomic E-state index is 0.187. The van der Waals surface area contributed by atoms with E-state index in [9.17, 15) is 4.79 Å². The molecule has 0 spiro atoms. The van der Waals surface area contributed by atoms with Crippen molar-refractivity contribution in [2.24, 2.45) is 0 Å². The molecule has 16 heavy (non-hydrogen) atoms. The third-order valence-electron chi connectivity index (χ3n) is 2.47. The van der Waals surface area contributed by atoms with Gasteiger partial charge in [0.05, 0.1) is 13.7 Å². The Kier molecular flexibility index (Phi) is 5.50. The molecule has 0 unspecified atom stereocenters. The maximum atomic E-state index is 11.1. The molecule has 0 fully saturated rings. The summed E-state index contributed by atoms with van der Waals surface area (Å²) < 4.78 is 4.64. The van der Waals surface area contributed by atoms with Gasteiger partial charge in [0.1, 0.15) is 0 Å². The number of likely N-dealkylation sites (N-methyl/N-ethyl adjacent to an activating group) is 1. The first kappa shape index (κ1) is 12.6. The number of hydrogen-bond acceptors (Lipinski definition) is 4. The van der Waals surface area contributed by atoms with Crippen LogP contribution in [0.2, 0.25) is 0 Å². The van der Waals surface area contributed by atoms with Crippen LogP contribution < -0.4 is 0 Å². The lowest BCUT2D eigenvalue weighted by Crippen LogP contribution is -2.32. The number of hydrogen-bond donors (Lipinski definition) is 0. The van der Waals surface area contributed by atoms with Crippen LogP contribution >= 0.6 is 0 Å². The molecule has 0 aliphatic carbocycles. The van der Waals surface area contributed by atoms with Crippen LogP contribution in [0.15, 0.2) is 24.5 Å². The fourth-order valence-corrected chi connectivity index (χ4v) is 1.43. The van der Waals surface area contributed by atoms with E-state index in [4.69, 9.17) is 0 Å². The van der Waals surface area contributed by atoms with Crippen LogP contribution in [0, 0.1) is 0 Å². The molecule has 0 aliphatic heterocycles. The summed E-state index contributed by atoms with van der Waals surface area (Å²) in [5.74, 6) is -0.187. The molecule has 0 N–H and O–H groups in total. The number of ether oxygens (including phenoxy) is 1. The summed E-state index contributed by atoms with van der Waals surface area (Å²) in [7, 11) is 1.41. The highest BCUT2D eigenvalue weighted by atomic mass is 16.5. The molecule has 0 saturated heterocycles. The molecule has 0 amide bonds. The van der Waals surface area contributed by atoms with Gasteiger partial charge < -0.3 is 4.74 Å². The third-order valence-corrected chi connectivity index (χ3v) is 2.47. The molecule has 0 atom stereocenters. The van der Waals surface area contributed by atoms with Gasteiger partial charge in [0.15, 0.2) is 0 Å². The van der Waals surface area contributed by atoms with E-state index in [1.165, 1.54) is 12.7 Å². The Bertz CT molecular complexity index is 314. The number of carbonyl (C=O) groups excluding carboxylic acids is 1. The van der Waals surface area contributed by atoms with E-state index in [1.807, 2.05) is 25.3 Å². The quantitative estimate of drug-likeness (QED) is 0.676. The number of methoxy groups -OCH3 is 1. The monoisotopic (exact) mass is 222 g/mol. The lowest BCUT2D eigenvalue weighted by molar-refractivity contribution is -0.141. The van der Waals surface area contributed by atoms with E-state index >= 15 is 0 Å². The van der Waals surface area contributed by atoms with Crippen molar-refractivity contribution in [3.63, 3.8) is 0 Å². The molecular weight excluding hydrogens is 204 g/mol. The SMILES string of the molecule is CCN(CCc1cccnc1)CC(=O)OC. The van der Waals surface area contributed by atoms with Gasteiger partial charge in [0.2, 0.25) is 0 Å². The van der Waals surface area contributed by atoms with Gasteiger partial charge in [-0.15, -0.1) is 0 Å². The van der Waals surface area contributed by atoms with Gasteiger partial charge in [0.25, 0.3) is 0 Å². The van der Waals surface area contributed by atoms with Gasteiger partial charge in [-0.1, -0.05) is 13.0 Å². The predicted molar refractivity (Wildman–Crippen MR) is 62.1 cm³/mol. The van der Waals surface area contributed by atoms with Crippen LogP contribution in [-0.2, 0) is 16.0 Å². The Labute approximate surface area is 96.2 Å². The molecule has 1 aromatic rings. The lowest BCUT2D eigenvalue weighted by atomic mass is 10.2. The predicted octanol–water partition coefficient (Wildman–Crippen LogP) is 1.12. The molecular formula is C12H18N2O2. The summed E-state index contributed by atoms with van der Waals surface area (Å²) >= 11 is 0. The smallest absolute Gasteiger partial charge is 0.319 e. The second-order valence-electron chi connectivity index (χ2n) is 3.56. The number of nitrogens with zero attached hydrogens (tertiary/aromatic N) is 2. The maximum Gasteiger partial charge on any atom is 0.319 e. The van der Waals surface area contributed by atoms with Gasteiger partial charge in [-0.2, -0.15) is 0 Å². The van der Waals surface area contributed by atoms with Gasteiger partial charge in [-0.05, 0) is 24.6 Å². The van der Waals surface area contributed by atoms with Gasteiger partial charge >= 0.3 is 5.97 Å². The Morgan fingerprint density at radius 1 is 1.56 bits per heavy atom. The fraction of sp³-hybridized carbons (Fsp3) is 0.500. The van der Waals surface area contributed by atoms with E-state index in [0.717, 1.165) is 19.5 Å². The zero-order valence-corrected chi connectivity index (χ0v) is 9.85. The normalized spacial score (nSPS) is 10.4. The van der Waals surface area contributed by atoms with Crippen molar-refractivity contribution in [3.05, 3.63) is 30.1 Å². The van der Waals surface area contributed by atoms with Crippen molar-refractivity contribution >= 4 is 5.97 Å². The molecule has 1 rings (SSSR count). The fourth-order valence-electron chi connectivity index (χ4n) is 1.43. The molecule has 4 heteroatoms. The second kappa shape index (κ2) is 6.95. The molecule has 0 bridgehead atoms. The number of pyridine rings is 1. The van der Waals surface area contributed by atoms with E-state index in [1.54, 1.807) is 6.20 Å². The first-order chi connectivity index (χ1) is 7.76. The molecule has 4 nitrogen and oxygen atoms in total. The Morgan fingerprint density at radius 3 is 2.94 bits per heavy atom. The van der Waals surface area contributed by atoms with Crippen LogP contribution in [-0.4, -0.2) is 42.6 Å². The third kappa shape index (κ3) is 4.40. The second-order valence-corrected chi connectivity index (χ2v) is 3.56. The van der Waals surface area contributed by atoms with E-state index < -0.39 is 0 Å². The average Bonchev–Trinajstić information content (AvgIpc) is 2.35. The van der Waals surface area contributed by atoms with E-state index in [-0.39, 0.29) is 5.97 Å². The standard InChI is InChI=1S/C12H18N2O2/c1-3-14(10-12(15)16-2)8-6-11-5-4-7-13-9-11/h4-5,7,9H,3,6,8,10H2,1-2H3. The highest BCUT2D eigenvalue weighted by Gasteiger charge is 2.08. The number of carbonyl (C=O) groups is 1. The van der Waals surface area contributed by atoms with Crippen molar-refractivity contribution in [1.82, 2.24) is 9.88 Å². The Hall–Kier alpha value is -1.42. The van der Waals surface area contributed by atoms with Crippen LogP contribution in [0.1, 0.15) is 12.5 Å². The van der Waals surface area contributed by atoms with Crippen molar-refractivity contribution in [2.45, 2.75) is 13.3 Å². The van der Waals surface area contributed by atoms with Crippen LogP contribution in [0.3, 0.4) is 0 Å². The minimum Gasteiger partial charge on any atom is -0.468 e. The molecule has 0 aromatic carbocycles. The van der Waals surface area contributed by atoms with Crippen molar-refractivity contribution in [3.8, 4) is 0 Å². The summed E-state index contributed by atoms with van der Waals surface area (Å²) in [4.78, 5) is 17.2. The zero-order chi connectivity index (χ0) is 11.8. The summed E-state index contributed by atoms with van der Waals surface area (Å²) in [5.41, 5.74) is 1.19. The minimum atomic E-state index is -0.187. The van der Waals surface area contributed by atoms with Crippen LogP contribution in [0.4, 0.5) is 0 Å². The summed E-state index contributed by atoms with van der Waals surface area (Å²) in [5, 5.41) is 0. The van der Waals surface area contributed by atoms with Crippen molar-refractivity contribution in [2.75, 3.05) is 26.7 Å². The first-order valence-electron chi connectivity index (χ1n) is 5.44. The lowest BCUT2D eigenvalue weighted by Gasteiger charge is -2.18. The summed E-state index contributed by atoms with van der Waals surface area (Å²) in [6.07, 6.45) is 4.51. The van der Waals surface area contributed by atoms with Gasteiger partial charge in [-0.3, -0.25) is 14.7 Å². The van der Waals surface area contributed by atoms with E-state index in [2.05, 4.69) is 14.6 Å². The van der Waals surface area contributed by atoms with Gasteiger partial charge in [0, 0.05) is 18.9 Å². The number of rotatable bonds is 6. The molecule has 0 radical (unpaired) electrons. The zero-order valence-electron chi connectivity index (χ0n) is 9.85. The van der Waals surface area contributed by atoms with Crippen molar-refractivity contribution < 1.29 is 9.53 Å². The van der Waals surface area contributed by atoms with Crippen LogP contribution in [0.25, 0.3) is 0 Å². The number of aromatic nitrogens is 1. The molecule has 88 valence electrons. The molecule has 0 aliphatic rings. The topological polar surface area (TPSA) is 42.4 Å².